The van der Waals surface area contributed by atoms with E-state index in [-0.39, 0.29) is 15.6 Å². The Morgan fingerprint density at radius 1 is 1.58 bits per heavy atom. The molecule has 1 heterocycles. The van der Waals surface area contributed by atoms with Crippen LogP contribution in [0.2, 0.25) is 0 Å². The number of thiocarbonyl (C=S) groups is 1. The number of hydrogen-bond acceptors (Lipinski definition) is 6. The number of carbonyl (C=O) groups is 1. The first-order valence-corrected chi connectivity index (χ1v) is 8.01. The maximum Gasteiger partial charge on any atom is 0.350 e. The molecule has 1 atom stereocenters. The fourth-order valence-electron chi connectivity index (χ4n) is 1.20. The summed E-state index contributed by atoms with van der Waals surface area (Å²) in [5, 5.41) is 0.627. The molecule has 1 unspecified atom stereocenters. The summed E-state index contributed by atoms with van der Waals surface area (Å²) < 4.78 is 31.0. The van der Waals surface area contributed by atoms with E-state index in [1.54, 1.807) is 12.3 Å². The van der Waals surface area contributed by atoms with Crippen molar-refractivity contribution in [2.45, 2.75) is 19.1 Å². The predicted octanol–water partition coefficient (Wildman–Crippen LogP) is 1.26. The Kier molecular flexibility index (Phi) is 4.88. The number of aryl methyl sites for hydroxylation is 1. The van der Waals surface area contributed by atoms with E-state index < -0.39 is 21.2 Å². The number of methoxy groups -OCH3 is 1. The number of anilines is 1. The molecule has 1 rings (SSSR count). The second-order valence-corrected chi connectivity index (χ2v) is 7.16. The minimum atomic E-state index is -3.79. The fraction of sp³-hybridized carbons (Fsp3) is 0.400. The van der Waals surface area contributed by atoms with E-state index in [0.29, 0.717) is 5.56 Å². The summed E-state index contributed by atoms with van der Waals surface area (Å²) in [7, 11) is -2.56. The monoisotopic (exact) mass is 322 g/mol. The van der Waals surface area contributed by atoms with Crippen LogP contribution in [0.3, 0.4) is 0 Å². The smallest absolute Gasteiger partial charge is 0.350 e. The molecule has 3 N–H and O–H groups in total. The lowest BCUT2D eigenvalue weighted by molar-refractivity contribution is 0.0607. The Balaban J connectivity index is 3.16. The normalized spacial score (nSPS) is 12.8. The largest absolute Gasteiger partial charge is 0.465 e. The Hall–Kier alpha value is -1.19. The van der Waals surface area contributed by atoms with Crippen LogP contribution in [0.5, 0.6) is 0 Å². The van der Waals surface area contributed by atoms with Crippen LogP contribution in [0.1, 0.15) is 22.2 Å². The highest BCUT2D eigenvalue weighted by molar-refractivity contribution is 7.95. The van der Waals surface area contributed by atoms with Crippen molar-refractivity contribution in [3.05, 3.63) is 15.8 Å². The number of nitrogens with one attached hydrogen (secondary N) is 1. The number of rotatable bonds is 5. The van der Waals surface area contributed by atoms with Crippen molar-refractivity contribution in [1.29, 1.82) is 0 Å². The van der Waals surface area contributed by atoms with Gasteiger partial charge in [0, 0.05) is 0 Å². The summed E-state index contributed by atoms with van der Waals surface area (Å²) in [6.07, 6.45) is 0. The van der Waals surface area contributed by atoms with Crippen molar-refractivity contribution < 1.29 is 17.9 Å². The lowest BCUT2D eigenvalue weighted by atomic mass is 10.3. The number of nitrogens with two attached hydrogens (primary N) is 1. The first kappa shape index (κ1) is 15.9. The third-order valence-corrected chi connectivity index (χ3v) is 5.71. The van der Waals surface area contributed by atoms with Crippen LogP contribution < -0.4 is 10.5 Å². The molecule has 1 aromatic heterocycles. The van der Waals surface area contributed by atoms with Crippen molar-refractivity contribution in [2.75, 3.05) is 11.8 Å². The van der Waals surface area contributed by atoms with Gasteiger partial charge in [-0.2, -0.15) is 0 Å². The van der Waals surface area contributed by atoms with E-state index in [1.165, 1.54) is 14.0 Å². The second-order valence-electron chi connectivity index (χ2n) is 3.81. The molecule has 9 heteroatoms. The summed E-state index contributed by atoms with van der Waals surface area (Å²) in [4.78, 5) is 11.6. The third-order valence-electron chi connectivity index (χ3n) is 2.46. The average Bonchev–Trinajstić information content (AvgIpc) is 2.68. The highest BCUT2D eigenvalue weighted by Gasteiger charge is 2.27. The number of ether oxygens (including phenoxy) is 1. The van der Waals surface area contributed by atoms with Crippen molar-refractivity contribution in [1.82, 2.24) is 0 Å². The zero-order chi connectivity index (χ0) is 14.8. The Morgan fingerprint density at radius 3 is 2.63 bits per heavy atom. The molecule has 0 fully saturated rings. The highest BCUT2D eigenvalue weighted by Crippen LogP contribution is 2.29. The van der Waals surface area contributed by atoms with E-state index >= 15 is 0 Å². The summed E-state index contributed by atoms with van der Waals surface area (Å²) in [5.74, 6) is -0.598. The van der Waals surface area contributed by atoms with Crippen LogP contribution in [0, 0.1) is 6.92 Å². The summed E-state index contributed by atoms with van der Waals surface area (Å²) >= 11 is 5.78. The first-order chi connectivity index (χ1) is 8.70. The summed E-state index contributed by atoms with van der Waals surface area (Å²) in [6, 6.07) is 0. The van der Waals surface area contributed by atoms with Crippen LogP contribution in [0.4, 0.5) is 5.69 Å². The number of esters is 1. The molecule has 0 aromatic carbocycles. The molecule has 0 spiro atoms. The van der Waals surface area contributed by atoms with Crippen LogP contribution in [-0.2, 0) is 14.8 Å². The molecule has 1 aromatic rings. The van der Waals surface area contributed by atoms with E-state index in [0.717, 1.165) is 11.3 Å². The van der Waals surface area contributed by atoms with Crippen molar-refractivity contribution in [3.63, 3.8) is 0 Å². The van der Waals surface area contributed by atoms with E-state index in [4.69, 9.17) is 5.73 Å². The van der Waals surface area contributed by atoms with Crippen molar-refractivity contribution in [3.8, 4) is 0 Å². The number of carbonyl (C=O) groups excluding carboxylic acids is 1. The Labute approximate surface area is 121 Å². The molecule has 0 aliphatic carbocycles. The topological polar surface area (TPSA) is 98.5 Å². The van der Waals surface area contributed by atoms with Gasteiger partial charge in [0.15, 0.2) is 0 Å². The van der Waals surface area contributed by atoms with Crippen LogP contribution in [0.25, 0.3) is 0 Å². The molecule has 19 heavy (non-hydrogen) atoms. The SMILES string of the molecule is COC(=O)c1scc(C)c1NS(=O)(=O)C(C)C(N)=S. The fourth-order valence-corrected chi connectivity index (χ4v) is 3.59. The van der Waals surface area contributed by atoms with Crippen LogP contribution in [-0.4, -0.2) is 31.7 Å². The maximum absolute atomic E-state index is 12.0. The maximum atomic E-state index is 12.0. The van der Waals surface area contributed by atoms with Gasteiger partial charge in [0.2, 0.25) is 10.0 Å². The first-order valence-electron chi connectivity index (χ1n) is 5.18. The van der Waals surface area contributed by atoms with E-state index in [2.05, 4.69) is 21.7 Å². The second kappa shape index (κ2) is 5.85. The van der Waals surface area contributed by atoms with Crippen LogP contribution in [0.15, 0.2) is 5.38 Å². The minimum absolute atomic E-state index is 0.139. The molecule has 0 saturated heterocycles. The number of hydrogen-bond donors (Lipinski definition) is 2. The highest BCUT2D eigenvalue weighted by atomic mass is 32.2. The quantitative estimate of drug-likeness (QED) is 0.625. The third kappa shape index (κ3) is 3.43. The predicted molar refractivity (Wildman–Crippen MR) is 79.2 cm³/mol. The van der Waals surface area contributed by atoms with Gasteiger partial charge in [-0.05, 0) is 24.8 Å². The van der Waals surface area contributed by atoms with Crippen molar-refractivity contribution in [2.24, 2.45) is 5.73 Å². The Morgan fingerprint density at radius 2 is 2.16 bits per heavy atom. The zero-order valence-electron chi connectivity index (χ0n) is 10.6. The van der Waals surface area contributed by atoms with Gasteiger partial charge in [0.25, 0.3) is 0 Å². The van der Waals surface area contributed by atoms with Gasteiger partial charge in [-0.3, -0.25) is 4.72 Å². The molecular formula is C10H14N2O4S3. The molecule has 0 aliphatic heterocycles. The van der Waals surface area contributed by atoms with Gasteiger partial charge in [0.1, 0.15) is 10.1 Å². The van der Waals surface area contributed by atoms with Gasteiger partial charge in [-0.1, -0.05) is 12.2 Å². The van der Waals surface area contributed by atoms with Crippen molar-refractivity contribution >= 4 is 50.2 Å². The molecular weight excluding hydrogens is 308 g/mol. The van der Waals surface area contributed by atoms with Crippen LogP contribution >= 0.6 is 23.6 Å². The molecule has 106 valence electrons. The van der Waals surface area contributed by atoms with Gasteiger partial charge in [0.05, 0.1) is 17.8 Å². The van der Waals surface area contributed by atoms with Gasteiger partial charge in [-0.15, -0.1) is 11.3 Å². The lowest BCUT2D eigenvalue weighted by Crippen LogP contribution is -2.36. The number of thiophene rings is 1. The molecule has 0 amide bonds. The van der Waals surface area contributed by atoms with Gasteiger partial charge in [-0.25, -0.2) is 13.2 Å². The molecule has 0 aliphatic rings. The average molecular weight is 322 g/mol. The van der Waals surface area contributed by atoms with E-state index in [1.807, 2.05) is 0 Å². The molecule has 6 nitrogen and oxygen atoms in total. The molecule has 0 radical (unpaired) electrons. The summed E-state index contributed by atoms with van der Waals surface area (Å²) in [6.45, 7) is 3.07. The molecule has 0 bridgehead atoms. The standard InChI is InChI=1S/C10H14N2O4S3/c1-5-4-18-8(10(13)16-3)7(5)12-19(14,15)6(2)9(11)17/h4,6,12H,1-3H3,(H2,11,17). The zero-order valence-corrected chi connectivity index (χ0v) is 13.0. The van der Waals surface area contributed by atoms with Gasteiger partial charge < -0.3 is 10.5 Å². The summed E-state index contributed by atoms with van der Waals surface area (Å²) in [5.41, 5.74) is 6.17. The number of sulfonamides is 1. The Bertz CT molecular complexity index is 606. The molecule has 0 saturated carbocycles. The van der Waals surface area contributed by atoms with Gasteiger partial charge >= 0.3 is 5.97 Å². The minimum Gasteiger partial charge on any atom is -0.465 e. The lowest BCUT2D eigenvalue weighted by Gasteiger charge is -2.14. The van der Waals surface area contributed by atoms with E-state index in [9.17, 15) is 13.2 Å².